The van der Waals surface area contributed by atoms with Crippen molar-refractivity contribution in [3.05, 3.63) is 29.3 Å². The zero-order chi connectivity index (χ0) is 15.4. The Balaban J connectivity index is 2.15. The van der Waals surface area contributed by atoms with E-state index < -0.39 is 0 Å². The molecule has 0 aliphatic carbocycles. The molecule has 0 radical (unpaired) electrons. The number of hydrogen-bond donors (Lipinski definition) is 0. The molecule has 0 aromatic heterocycles. The maximum Gasteiger partial charge on any atom is 0.349 e. The minimum Gasteiger partial charge on any atom is -0.363 e. The third-order valence-corrected chi connectivity index (χ3v) is 4.19. The number of piperidine rings is 1. The molecule has 2 rings (SSSR count). The van der Waals surface area contributed by atoms with Crippen LogP contribution in [0.25, 0.3) is 0 Å². The lowest BCUT2D eigenvalue weighted by molar-refractivity contribution is 0.254. The molecule has 1 heterocycles. The second-order valence-corrected chi connectivity index (χ2v) is 5.71. The Hall–Kier alpha value is -1.84. The zero-order valence-electron chi connectivity index (χ0n) is 13.5. The van der Waals surface area contributed by atoms with Crippen molar-refractivity contribution in [1.29, 1.82) is 0 Å². The van der Waals surface area contributed by atoms with Gasteiger partial charge in [-0.25, -0.2) is 4.79 Å². The van der Waals surface area contributed by atoms with E-state index in [1.165, 1.54) is 17.5 Å². The zero-order valence-corrected chi connectivity index (χ0v) is 13.5. The van der Waals surface area contributed by atoms with E-state index in [1.54, 1.807) is 11.9 Å². The van der Waals surface area contributed by atoms with E-state index in [4.69, 9.17) is 0 Å². The van der Waals surface area contributed by atoms with Crippen LogP contribution in [-0.2, 0) is 6.42 Å². The van der Waals surface area contributed by atoms with Crippen LogP contribution < -0.4 is 4.90 Å². The van der Waals surface area contributed by atoms with Crippen LogP contribution in [0.4, 0.5) is 10.5 Å². The number of carbonyl (C=O) groups is 1. The number of nitrogens with zero attached hydrogens (tertiary/aromatic N) is 3. The van der Waals surface area contributed by atoms with Crippen LogP contribution in [0.5, 0.6) is 0 Å². The predicted octanol–water partition coefficient (Wildman–Crippen LogP) is 3.63. The van der Waals surface area contributed by atoms with E-state index in [2.05, 4.69) is 35.9 Å². The van der Waals surface area contributed by atoms with Crippen molar-refractivity contribution in [3.63, 3.8) is 0 Å². The second-order valence-electron chi connectivity index (χ2n) is 5.71. The van der Waals surface area contributed by atoms with Gasteiger partial charge in [0.25, 0.3) is 0 Å². The fourth-order valence-corrected chi connectivity index (χ4v) is 2.67. The van der Waals surface area contributed by atoms with E-state index in [-0.39, 0.29) is 6.03 Å². The highest BCUT2D eigenvalue weighted by molar-refractivity contribution is 6.01. The topological polar surface area (TPSA) is 35.9 Å². The Morgan fingerprint density at radius 1 is 1.38 bits per heavy atom. The smallest absolute Gasteiger partial charge is 0.349 e. The standard InChI is InChI=1S/C17H25N3O/c1-5-14-9-10-15(12-13(14)2)20(4)17(21)18-16-8-6-7-11-19(16)3/h9-10,12H,5-8,11H2,1-4H3. The molecule has 0 bridgehead atoms. The minimum absolute atomic E-state index is 0.192. The molecule has 0 saturated carbocycles. The number of benzene rings is 1. The molecule has 1 aliphatic rings. The van der Waals surface area contributed by atoms with E-state index in [9.17, 15) is 4.79 Å². The molecule has 4 nitrogen and oxygen atoms in total. The quantitative estimate of drug-likeness (QED) is 0.832. The third-order valence-electron chi connectivity index (χ3n) is 4.19. The first-order valence-corrected chi connectivity index (χ1v) is 7.69. The monoisotopic (exact) mass is 287 g/mol. The summed E-state index contributed by atoms with van der Waals surface area (Å²) < 4.78 is 0. The van der Waals surface area contributed by atoms with E-state index in [0.717, 1.165) is 37.3 Å². The molecule has 1 aromatic rings. The lowest BCUT2D eigenvalue weighted by Crippen LogP contribution is -2.34. The maximum absolute atomic E-state index is 12.3. The van der Waals surface area contributed by atoms with Crippen molar-refractivity contribution >= 4 is 17.6 Å². The van der Waals surface area contributed by atoms with Crippen molar-refractivity contribution in [3.8, 4) is 0 Å². The number of carbonyl (C=O) groups excluding carboxylic acids is 1. The first kappa shape index (κ1) is 15.5. The van der Waals surface area contributed by atoms with Gasteiger partial charge in [0.1, 0.15) is 5.84 Å². The summed E-state index contributed by atoms with van der Waals surface area (Å²) in [6, 6.07) is 5.95. The summed E-state index contributed by atoms with van der Waals surface area (Å²) in [5.41, 5.74) is 3.44. The Kier molecular flexibility index (Phi) is 4.99. The maximum atomic E-state index is 12.3. The van der Waals surface area contributed by atoms with Crippen molar-refractivity contribution in [2.75, 3.05) is 25.5 Å². The Labute approximate surface area is 127 Å². The summed E-state index contributed by atoms with van der Waals surface area (Å²) in [5, 5.41) is 0. The van der Waals surface area contributed by atoms with Gasteiger partial charge < -0.3 is 4.90 Å². The molecule has 0 unspecified atom stereocenters. The SMILES string of the molecule is CCc1ccc(N(C)C(=O)N=C2CCCCN2C)cc1C. The Bertz CT molecular complexity index is 551. The summed E-state index contributed by atoms with van der Waals surface area (Å²) in [7, 11) is 3.79. The second kappa shape index (κ2) is 6.74. The molecular formula is C17H25N3O. The molecule has 21 heavy (non-hydrogen) atoms. The number of amidine groups is 1. The van der Waals surface area contributed by atoms with Crippen molar-refractivity contribution < 1.29 is 4.79 Å². The number of aliphatic imine (C=N–C) groups is 1. The van der Waals surface area contributed by atoms with Crippen molar-refractivity contribution in [1.82, 2.24) is 4.90 Å². The molecule has 0 spiro atoms. The highest BCUT2D eigenvalue weighted by Gasteiger charge is 2.16. The molecule has 1 aromatic carbocycles. The molecule has 1 fully saturated rings. The fraction of sp³-hybridized carbons (Fsp3) is 0.529. The molecule has 1 saturated heterocycles. The van der Waals surface area contributed by atoms with Gasteiger partial charge in [-0.2, -0.15) is 4.99 Å². The summed E-state index contributed by atoms with van der Waals surface area (Å²) in [5.74, 6) is 0.903. The number of hydrogen-bond acceptors (Lipinski definition) is 1. The number of anilines is 1. The Morgan fingerprint density at radius 2 is 2.14 bits per heavy atom. The summed E-state index contributed by atoms with van der Waals surface area (Å²) in [6.45, 7) is 5.21. The van der Waals surface area contributed by atoms with Crippen LogP contribution in [-0.4, -0.2) is 37.4 Å². The van der Waals surface area contributed by atoms with Crippen LogP contribution in [0.15, 0.2) is 23.2 Å². The van der Waals surface area contributed by atoms with Gasteiger partial charge in [-0.15, -0.1) is 0 Å². The lowest BCUT2D eigenvalue weighted by atomic mass is 10.1. The fourth-order valence-electron chi connectivity index (χ4n) is 2.67. The van der Waals surface area contributed by atoms with Crippen LogP contribution in [0.3, 0.4) is 0 Å². The van der Waals surface area contributed by atoms with Gasteiger partial charge in [-0.05, 0) is 49.4 Å². The number of urea groups is 1. The van der Waals surface area contributed by atoms with Gasteiger partial charge in [-0.1, -0.05) is 13.0 Å². The third kappa shape index (κ3) is 3.63. The predicted molar refractivity (Wildman–Crippen MR) is 88.3 cm³/mol. The van der Waals surface area contributed by atoms with Crippen molar-refractivity contribution in [2.45, 2.75) is 39.5 Å². The molecular weight excluding hydrogens is 262 g/mol. The largest absolute Gasteiger partial charge is 0.363 e. The molecule has 0 atom stereocenters. The number of rotatable bonds is 2. The first-order chi connectivity index (χ1) is 10.0. The van der Waals surface area contributed by atoms with Gasteiger partial charge in [0.2, 0.25) is 0 Å². The first-order valence-electron chi connectivity index (χ1n) is 7.69. The molecule has 1 aliphatic heterocycles. The Morgan fingerprint density at radius 3 is 2.76 bits per heavy atom. The minimum atomic E-state index is -0.192. The highest BCUT2D eigenvalue weighted by Crippen LogP contribution is 2.20. The van der Waals surface area contributed by atoms with Gasteiger partial charge in [-0.3, -0.25) is 4.90 Å². The van der Waals surface area contributed by atoms with E-state index >= 15 is 0 Å². The van der Waals surface area contributed by atoms with Gasteiger partial charge in [0, 0.05) is 32.7 Å². The number of likely N-dealkylation sites (tertiary alicyclic amines) is 1. The number of amides is 2. The highest BCUT2D eigenvalue weighted by atomic mass is 16.2. The van der Waals surface area contributed by atoms with Gasteiger partial charge in [0.05, 0.1) is 0 Å². The normalized spacial score (nSPS) is 17.1. The molecule has 4 heteroatoms. The van der Waals surface area contributed by atoms with Crippen molar-refractivity contribution in [2.24, 2.45) is 4.99 Å². The van der Waals surface area contributed by atoms with Crippen LogP contribution in [0.1, 0.15) is 37.3 Å². The van der Waals surface area contributed by atoms with Crippen LogP contribution >= 0.6 is 0 Å². The van der Waals surface area contributed by atoms with Crippen LogP contribution in [0.2, 0.25) is 0 Å². The summed E-state index contributed by atoms with van der Waals surface area (Å²) >= 11 is 0. The molecule has 2 amide bonds. The van der Waals surface area contributed by atoms with E-state index in [1.807, 2.05) is 13.1 Å². The van der Waals surface area contributed by atoms with E-state index in [0.29, 0.717) is 0 Å². The summed E-state index contributed by atoms with van der Waals surface area (Å²) in [6.07, 6.45) is 4.20. The average molecular weight is 287 g/mol. The summed E-state index contributed by atoms with van der Waals surface area (Å²) in [4.78, 5) is 20.3. The lowest BCUT2D eigenvalue weighted by Gasteiger charge is -2.26. The van der Waals surface area contributed by atoms with Gasteiger partial charge >= 0.3 is 6.03 Å². The van der Waals surface area contributed by atoms with Gasteiger partial charge in [0.15, 0.2) is 0 Å². The average Bonchev–Trinajstić information content (AvgIpc) is 2.48. The molecule has 114 valence electrons. The number of aryl methyl sites for hydroxylation is 2. The molecule has 0 N–H and O–H groups in total. The van der Waals surface area contributed by atoms with Crippen LogP contribution in [0, 0.1) is 6.92 Å².